The highest BCUT2D eigenvalue weighted by molar-refractivity contribution is 8.02. The van der Waals surface area contributed by atoms with E-state index in [0.29, 0.717) is 4.34 Å². The van der Waals surface area contributed by atoms with E-state index in [1.807, 2.05) is 0 Å². The summed E-state index contributed by atoms with van der Waals surface area (Å²) >= 11 is 3.86. The van der Waals surface area contributed by atoms with E-state index in [0.717, 1.165) is 4.34 Å². The molecule has 2 aromatic heterocycles. The first-order valence-electron chi connectivity index (χ1n) is 3.39. The van der Waals surface area contributed by atoms with Gasteiger partial charge >= 0.3 is 5.97 Å². The van der Waals surface area contributed by atoms with Crippen LogP contribution in [0.5, 0.6) is 0 Å². The Bertz CT molecular complexity index is 439. The Labute approximate surface area is 91.0 Å². The molecule has 0 bridgehead atoms. The molecule has 0 aliphatic rings. The molecule has 2 heterocycles. The van der Waals surface area contributed by atoms with E-state index in [4.69, 9.17) is 5.11 Å². The van der Waals surface area contributed by atoms with Gasteiger partial charge in [-0.15, -0.1) is 11.3 Å². The van der Waals surface area contributed by atoms with Crippen molar-refractivity contribution in [1.29, 1.82) is 0 Å². The molecule has 0 unspecified atom stereocenters. The molecule has 0 aromatic carbocycles. The molecular formula is C6H3N3O2S3. The highest BCUT2D eigenvalue weighted by atomic mass is 32.2. The Morgan fingerprint density at radius 3 is 2.93 bits per heavy atom. The smallest absolute Gasteiger partial charge is 0.355 e. The zero-order valence-electron chi connectivity index (χ0n) is 6.58. The molecule has 0 fully saturated rings. The topological polar surface area (TPSA) is 76.0 Å². The third-order valence-electron chi connectivity index (χ3n) is 1.22. The average Bonchev–Trinajstić information content (AvgIpc) is 2.75. The lowest BCUT2D eigenvalue weighted by molar-refractivity contribution is 0.0691. The summed E-state index contributed by atoms with van der Waals surface area (Å²) in [5.41, 5.74) is 0.0713. The average molecular weight is 245 g/mol. The van der Waals surface area contributed by atoms with Gasteiger partial charge in [0, 0.05) is 5.38 Å². The molecule has 5 nitrogen and oxygen atoms in total. The molecule has 0 amide bonds. The van der Waals surface area contributed by atoms with Crippen molar-refractivity contribution in [2.45, 2.75) is 8.68 Å². The lowest BCUT2D eigenvalue weighted by atomic mass is 10.5. The van der Waals surface area contributed by atoms with Crippen LogP contribution in [-0.4, -0.2) is 25.4 Å². The molecule has 72 valence electrons. The van der Waals surface area contributed by atoms with Gasteiger partial charge in [-0.3, -0.25) is 0 Å². The number of aromatic carboxylic acids is 1. The van der Waals surface area contributed by atoms with Crippen LogP contribution in [0.3, 0.4) is 0 Å². The fourth-order valence-electron chi connectivity index (χ4n) is 0.685. The van der Waals surface area contributed by atoms with Gasteiger partial charge < -0.3 is 5.11 Å². The first kappa shape index (κ1) is 9.56. The molecule has 0 radical (unpaired) electrons. The number of carboxylic acid groups (broad SMARTS) is 1. The SMILES string of the molecule is O=C(O)c1csc(Sc2ncns2)n1. The molecule has 1 N–H and O–H groups in total. The lowest BCUT2D eigenvalue weighted by Gasteiger charge is -1.87. The van der Waals surface area contributed by atoms with E-state index in [1.165, 1.54) is 46.3 Å². The van der Waals surface area contributed by atoms with Crippen molar-refractivity contribution in [3.8, 4) is 0 Å². The van der Waals surface area contributed by atoms with Gasteiger partial charge in [-0.05, 0) is 23.3 Å². The largest absolute Gasteiger partial charge is 0.476 e. The molecule has 14 heavy (non-hydrogen) atoms. The van der Waals surface area contributed by atoms with Crippen LogP contribution in [0.15, 0.2) is 20.4 Å². The second-order valence-electron chi connectivity index (χ2n) is 2.11. The first-order valence-corrected chi connectivity index (χ1v) is 5.86. The van der Waals surface area contributed by atoms with E-state index >= 15 is 0 Å². The summed E-state index contributed by atoms with van der Waals surface area (Å²) < 4.78 is 5.26. The Hall–Kier alpha value is -0.990. The number of thiazole rings is 1. The van der Waals surface area contributed by atoms with E-state index in [-0.39, 0.29) is 5.69 Å². The van der Waals surface area contributed by atoms with Gasteiger partial charge in [0.15, 0.2) is 14.4 Å². The van der Waals surface area contributed by atoms with Gasteiger partial charge in [-0.25, -0.2) is 14.8 Å². The number of carbonyl (C=O) groups is 1. The van der Waals surface area contributed by atoms with Crippen molar-refractivity contribution >= 4 is 40.6 Å². The van der Waals surface area contributed by atoms with Crippen LogP contribution >= 0.6 is 34.6 Å². The van der Waals surface area contributed by atoms with E-state index in [1.54, 1.807) is 0 Å². The van der Waals surface area contributed by atoms with Crippen LogP contribution < -0.4 is 0 Å². The molecule has 0 aliphatic carbocycles. The highest BCUT2D eigenvalue weighted by Gasteiger charge is 2.10. The molecule has 0 saturated heterocycles. The fourth-order valence-corrected chi connectivity index (χ4v) is 3.12. The van der Waals surface area contributed by atoms with Gasteiger partial charge in [0.1, 0.15) is 6.33 Å². The maximum absolute atomic E-state index is 10.5. The molecule has 0 saturated carbocycles. The van der Waals surface area contributed by atoms with E-state index in [9.17, 15) is 4.79 Å². The minimum absolute atomic E-state index is 0.0713. The maximum atomic E-state index is 10.5. The lowest BCUT2D eigenvalue weighted by Crippen LogP contribution is -1.95. The molecule has 0 aliphatic heterocycles. The first-order chi connectivity index (χ1) is 6.75. The minimum Gasteiger partial charge on any atom is -0.476 e. The van der Waals surface area contributed by atoms with E-state index < -0.39 is 5.97 Å². The molecular weight excluding hydrogens is 242 g/mol. The summed E-state index contributed by atoms with van der Waals surface area (Å²) in [6, 6.07) is 0. The predicted octanol–water partition coefficient (Wildman–Crippen LogP) is 1.84. The van der Waals surface area contributed by atoms with Crippen LogP contribution in [0.2, 0.25) is 0 Å². The number of nitrogens with zero attached hydrogens (tertiary/aromatic N) is 3. The van der Waals surface area contributed by atoms with Crippen molar-refractivity contribution in [3.05, 3.63) is 17.4 Å². The van der Waals surface area contributed by atoms with Crippen molar-refractivity contribution in [2.24, 2.45) is 0 Å². The normalized spacial score (nSPS) is 10.3. The number of hydrogen-bond acceptors (Lipinski definition) is 7. The Balaban J connectivity index is 2.14. The third-order valence-corrected chi connectivity index (χ3v) is 3.87. The zero-order chi connectivity index (χ0) is 9.97. The van der Waals surface area contributed by atoms with Crippen molar-refractivity contribution < 1.29 is 9.90 Å². The van der Waals surface area contributed by atoms with E-state index in [2.05, 4.69) is 14.3 Å². The molecule has 0 spiro atoms. The van der Waals surface area contributed by atoms with Crippen molar-refractivity contribution in [1.82, 2.24) is 14.3 Å². The van der Waals surface area contributed by atoms with Crippen LogP contribution in [0.4, 0.5) is 0 Å². The Kier molecular flexibility index (Phi) is 2.75. The Morgan fingerprint density at radius 2 is 2.36 bits per heavy atom. The summed E-state index contributed by atoms with van der Waals surface area (Å²) in [4.78, 5) is 18.4. The van der Waals surface area contributed by atoms with Gasteiger partial charge in [0.2, 0.25) is 0 Å². The van der Waals surface area contributed by atoms with Crippen molar-refractivity contribution in [3.63, 3.8) is 0 Å². The minimum atomic E-state index is -1.01. The van der Waals surface area contributed by atoms with Crippen LogP contribution in [0, 0.1) is 0 Å². The molecule has 2 aromatic rings. The maximum Gasteiger partial charge on any atom is 0.355 e. The Morgan fingerprint density at radius 1 is 1.50 bits per heavy atom. The summed E-state index contributed by atoms with van der Waals surface area (Å²) in [6.45, 7) is 0. The summed E-state index contributed by atoms with van der Waals surface area (Å²) in [7, 11) is 0. The fraction of sp³-hybridized carbons (Fsp3) is 0. The second kappa shape index (κ2) is 4.03. The van der Waals surface area contributed by atoms with Gasteiger partial charge in [-0.2, -0.15) is 4.37 Å². The number of aromatic nitrogens is 3. The number of hydrogen-bond donors (Lipinski definition) is 1. The number of rotatable bonds is 3. The molecule has 2 rings (SSSR count). The second-order valence-corrected chi connectivity index (χ2v) is 5.25. The summed E-state index contributed by atoms with van der Waals surface area (Å²) in [5, 5.41) is 10.1. The molecule has 0 atom stereocenters. The monoisotopic (exact) mass is 245 g/mol. The van der Waals surface area contributed by atoms with Gasteiger partial charge in [0.25, 0.3) is 0 Å². The van der Waals surface area contributed by atoms with Crippen LogP contribution in [0.25, 0.3) is 0 Å². The number of carboxylic acids is 1. The quantitative estimate of drug-likeness (QED) is 0.889. The summed E-state index contributed by atoms with van der Waals surface area (Å²) in [5.74, 6) is -1.01. The van der Waals surface area contributed by atoms with Crippen molar-refractivity contribution in [2.75, 3.05) is 0 Å². The molecule has 8 heteroatoms. The van der Waals surface area contributed by atoms with Gasteiger partial charge in [-0.1, -0.05) is 0 Å². The predicted molar refractivity (Wildman–Crippen MR) is 53.1 cm³/mol. The standard InChI is InChI=1S/C6H3N3O2S3/c10-4(11)3-1-12-6(9-3)13-5-7-2-8-14-5/h1-2H,(H,10,11). The zero-order valence-corrected chi connectivity index (χ0v) is 9.03. The van der Waals surface area contributed by atoms with Crippen LogP contribution in [-0.2, 0) is 0 Å². The highest BCUT2D eigenvalue weighted by Crippen LogP contribution is 2.30. The third kappa shape index (κ3) is 2.08. The summed E-state index contributed by atoms with van der Waals surface area (Å²) in [6.07, 6.45) is 1.46. The van der Waals surface area contributed by atoms with Gasteiger partial charge in [0.05, 0.1) is 0 Å². The van der Waals surface area contributed by atoms with Crippen LogP contribution in [0.1, 0.15) is 10.5 Å².